The van der Waals surface area contributed by atoms with Crippen LogP contribution < -0.4 is 0 Å². The van der Waals surface area contributed by atoms with E-state index in [1.165, 1.54) is 11.3 Å². The number of thiophene rings is 1. The van der Waals surface area contributed by atoms with E-state index in [1.807, 2.05) is 12.1 Å². The normalized spacial score (nSPS) is 10.7. The Morgan fingerprint density at radius 2 is 2.21 bits per heavy atom. The van der Waals surface area contributed by atoms with Crippen molar-refractivity contribution in [2.75, 3.05) is 0 Å². The molecule has 1 nitrogen and oxygen atoms in total. The molecule has 2 aromatic rings. The fraction of sp³-hybridized carbons (Fsp3) is 0.100. The quantitative estimate of drug-likeness (QED) is 0.574. The highest BCUT2D eigenvalue weighted by Crippen LogP contribution is 2.36. The van der Waals surface area contributed by atoms with Crippen molar-refractivity contribution in [2.24, 2.45) is 0 Å². The lowest BCUT2D eigenvalue weighted by Gasteiger charge is -1.91. The summed E-state index contributed by atoms with van der Waals surface area (Å²) < 4.78 is 1.01. The molecule has 0 saturated heterocycles. The van der Waals surface area contributed by atoms with E-state index < -0.39 is 0 Å². The van der Waals surface area contributed by atoms with Crippen LogP contribution in [0.2, 0.25) is 5.02 Å². The number of carbonyl (C=O) groups excluding carboxylic acids is 1. The molecule has 0 bridgehead atoms. The average molecular weight is 245 g/mol. The molecule has 14 heavy (non-hydrogen) atoms. The number of carbonyl (C=O) groups is 1. The Morgan fingerprint density at radius 1 is 1.43 bits per heavy atom. The highest BCUT2D eigenvalue weighted by atomic mass is 35.5. The van der Waals surface area contributed by atoms with E-state index in [-0.39, 0.29) is 0 Å². The van der Waals surface area contributed by atoms with Crippen LogP contribution in [0.15, 0.2) is 18.2 Å². The van der Waals surface area contributed by atoms with Gasteiger partial charge in [-0.15, -0.1) is 22.9 Å². The van der Waals surface area contributed by atoms with Gasteiger partial charge in [-0.25, -0.2) is 0 Å². The van der Waals surface area contributed by atoms with E-state index in [0.29, 0.717) is 16.5 Å². The summed E-state index contributed by atoms with van der Waals surface area (Å²) in [6.07, 6.45) is 0.827. The maximum atomic E-state index is 10.6. The molecule has 0 aliphatic carbocycles. The first-order valence-corrected chi connectivity index (χ1v) is 5.71. The number of alkyl halides is 1. The summed E-state index contributed by atoms with van der Waals surface area (Å²) in [5.74, 6) is 0.411. The van der Waals surface area contributed by atoms with Crippen molar-refractivity contribution in [1.82, 2.24) is 0 Å². The summed E-state index contributed by atoms with van der Waals surface area (Å²) in [5.41, 5.74) is 0.663. The van der Waals surface area contributed by atoms with Gasteiger partial charge in [0.15, 0.2) is 0 Å². The molecule has 0 atom stereocenters. The van der Waals surface area contributed by atoms with E-state index in [1.54, 1.807) is 6.07 Å². The number of hydrogen-bond donors (Lipinski definition) is 0. The van der Waals surface area contributed by atoms with Crippen molar-refractivity contribution < 1.29 is 4.79 Å². The minimum atomic E-state index is 0.411. The van der Waals surface area contributed by atoms with Crippen LogP contribution in [0.25, 0.3) is 10.1 Å². The molecule has 2 rings (SSSR count). The summed E-state index contributed by atoms with van der Waals surface area (Å²) >= 11 is 13.4. The molecule has 0 fully saturated rings. The zero-order valence-electron chi connectivity index (χ0n) is 7.09. The monoisotopic (exact) mass is 244 g/mol. The number of aldehydes is 1. The van der Waals surface area contributed by atoms with Crippen LogP contribution in [-0.2, 0) is 5.88 Å². The third-order valence-electron chi connectivity index (χ3n) is 1.98. The lowest BCUT2D eigenvalue weighted by molar-refractivity contribution is 0.112. The molecule has 1 aromatic heterocycles. The largest absolute Gasteiger partial charge is 0.298 e. The fourth-order valence-corrected chi connectivity index (χ4v) is 3.06. The van der Waals surface area contributed by atoms with Gasteiger partial charge in [-0.05, 0) is 6.07 Å². The standard InChI is InChI=1S/C10H6Cl2OS/c11-4-9-10(12)7-2-1-6(5-13)3-8(7)14-9/h1-3,5H,4H2. The van der Waals surface area contributed by atoms with Gasteiger partial charge >= 0.3 is 0 Å². The highest BCUT2D eigenvalue weighted by molar-refractivity contribution is 7.20. The van der Waals surface area contributed by atoms with Crippen LogP contribution in [0.1, 0.15) is 15.2 Å². The highest BCUT2D eigenvalue weighted by Gasteiger charge is 2.09. The molecule has 0 amide bonds. The van der Waals surface area contributed by atoms with E-state index in [0.717, 1.165) is 21.2 Å². The Kier molecular flexibility index (Phi) is 2.77. The summed E-state index contributed by atoms with van der Waals surface area (Å²) in [4.78, 5) is 11.5. The molecule has 1 heterocycles. The second-order valence-electron chi connectivity index (χ2n) is 2.85. The van der Waals surface area contributed by atoms with Crippen LogP contribution in [0.4, 0.5) is 0 Å². The Bertz CT molecular complexity index is 490. The summed E-state index contributed by atoms with van der Waals surface area (Å²) in [6, 6.07) is 5.44. The van der Waals surface area contributed by atoms with Gasteiger partial charge in [0.2, 0.25) is 0 Å². The molecular weight excluding hydrogens is 239 g/mol. The predicted molar refractivity (Wildman–Crippen MR) is 61.8 cm³/mol. The third kappa shape index (κ3) is 1.54. The molecule has 1 aromatic carbocycles. The average Bonchev–Trinajstić information content (AvgIpc) is 2.55. The van der Waals surface area contributed by atoms with Crippen LogP contribution in [0, 0.1) is 0 Å². The van der Waals surface area contributed by atoms with Gasteiger partial charge in [0.1, 0.15) is 6.29 Å². The molecule has 0 aliphatic rings. The van der Waals surface area contributed by atoms with Crippen LogP contribution in [0.5, 0.6) is 0 Å². The molecule has 0 unspecified atom stereocenters. The van der Waals surface area contributed by atoms with Gasteiger partial charge < -0.3 is 0 Å². The first-order valence-electron chi connectivity index (χ1n) is 3.98. The van der Waals surface area contributed by atoms with E-state index >= 15 is 0 Å². The Morgan fingerprint density at radius 3 is 2.86 bits per heavy atom. The van der Waals surface area contributed by atoms with E-state index in [2.05, 4.69) is 0 Å². The molecule has 72 valence electrons. The lowest BCUT2D eigenvalue weighted by Crippen LogP contribution is -1.76. The van der Waals surface area contributed by atoms with Gasteiger partial charge in [-0.2, -0.15) is 0 Å². The number of hydrogen-bond acceptors (Lipinski definition) is 2. The Labute approximate surface area is 95.3 Å². The maximum absolute atomic E-state index is 10.6. The molecule has 0 N–H and O–H groups in total. The second kappa shape index (κ2) is 3.89. The second-order valence-corrected chi connectivity index (χ2v) is 4.63. The minimum absolute atomic E-state index is 0.411. The molecular formula is C10H6Cl2OS. The van der Waals surface area contributed by atoms with Gasteiger partial charge in [0.25, 0.3) is 0 Å². The summed E-state index contributed by atoms with van der Waals surface area (Å²) in [6.45, 7) is 0. The summed E-state index contributed by atoms with van der Waals surface area (Å²) in [7, 11) is 0. The predicted octanol–water partition coefficient (Wildman–Crippen LogP) is 4.11. The fourth-order valence-electron chi connectivity index (χ4n) is 1.29. The van der Waals surface area contributed by atoms with Crippen molar-refractivity contribution in [3.8, 4) is 0 Å². The molecule has 0 saturated carbocycles. The van der Waals surface area contributed by atoms with Gasteiger partial charge in [-0.3, -0.25) is 4.79 Å². The molecule has 0 radical (unpaired) electrons. The smallest absolute Gasteiger partial charge is 0.150 e. The Balaban J connectivity index is 2.72. The summed E-state index contributed by atoms with van der Waals surface area (Å²) in [5, 5.41) is 1.68. The van der Waals surface area contributed by atoms with Crippen LogP contribution in [0.3, 0.4) is 0 Å². The van der Waals surface area contributed by atoms with Gasteiger partial charge in [0, 0.05) is 20.5 Å². The van der Waals surface area contributed by atoms with E-state index in [4.69, 9.17) is 23.2 Å². The van der Waals surface area contributed by atoms with Crippen molar-refractivity contribution in [3.63, 3.8) is 0 Å². The number of fused-ring (bicyclic) bond motifs is 1. The van der Waals surface area contributed by atoms with Crippen molar-refractivity contribution in [2.45, 2.75) is 5.88 Å². The zero-order valence-corrected chi connectivity index (χ0v) is 9.42. The number of rotatable bonds is 2. The van der Waals surface area contributed by atoms with Crippen molar-refractivity contribution in [1.29, 1.82) is 0 Å². The molecule has 4 heteroatoms. The SMILES string of the molecule is O=Cc1ccc2c(Cl)c(CCl)sc2c1. The van der Waals surface area contributed by atoms with Gasteiger partial charge in [0.05, 0.1) is 10.9 Å². The first-order chi connectivity index (χ1) is 6.76. The minimum Gasteiger partial charge on any atom is -0.298 e. The van der Waals surface area contributed by atoms with Crippen LogP contribution >= 0.6 is 34.5 Å². The lowest BCUT2D eigenvalue weighted by atomic mass is 10.2. The molecule has 0 spiro atoms. The van der Waals surface area contributed by atoms with Crippen LogP contribution in [-0.4, -0.2) is 6.29 Å². The Hall–Kier alpha value is -0.570. The zero-order chi connectivity index (χ0) is 10.1. The number of benzene rings is 1. The molecule has 0 aliphatic heterocycles. The topological polar surface area (TPSA) is 17.1 Å². The number of halogens is 2. The van der Waals surface area contributed by atoms with Gasteiger partial charge in [-0.1, -0.05) is 23.7 Å². The first kappa shape index (κ1) is 9.97. The third-order valence-corrected chi connectivity index (χ3v) is 4.10. The van der Waals surface area contributed by atoms with E-state index in [9.17, 15) is 4.79 Å². The van der Waals surface area contributed by atoms with Crippen molar-refractivity contribution >= 4 is 50.9 Å². The van der Waals surface area contributed by atoms with Crippen molar-refractivity contribution in [3.05, 3.63) is 33.7 Å². The maximum Gasteiger partial charge on any atom is 0.150 e.